The Morgan fingerprint density at radius 3 is 2.47 bits per heavy atom. The van der Waals surface area contributed by atoms with Crippen LogP contribution in [-0.4, -0.2) is 19.7 Å². The highest BCUT2D eigenvalue weighted by Crippen LogP contribution is 2.29. The van der Waals surface area contributed by atoms with Crippen LogP contribution in [0.15, 0.2) is 12.1 Å². The van der Waals surface area contributed by atoms with Gasteiger partial charge >= 0.3 is 0 Å². The van der Waals surface area contributed by atoms with E-state index in [-0.39, 0.29) is 6.04 Å². The van der Waals surface area contributed by atoms with Crippen molar-refractivity contribution in [3.05, 3.63) is 28.8 Å². The Bertz CT molecular complexity index is 374. The summed E-state index contributed by atoms with van der Waals surface area (Å²) >= 11 is 0. The van der Waals surface area contributed by atoms with Crippen LogP contribution in [0.3, 0.4) is 0 Å². The molecule has 1 saturated heterocycles. The molecule has 0 aromatic heterocycles. The Balaban J connectivity index is 2.26. The first kappa shape index (κ1) is 12.4. The lowest BCUT2D eigenvalue weighted by Crippen LogP contribution is -2.34. The number of ether oxygens (including phenoxy) is 1. The number of nitrogens with one attached hydrogen (secondary N) is 1. The Kier molecular flexibility index (Phi) is 3.69. The van der Waals surface area contributed by atoms with Gasteiger partial charge in [0.25, 0.3) is 0 Å². The van der Waals surface area contributed by atoms with Crippen molar-refractivity contribution >= 4 is 0 Å². The number of rotatable bonds is 3. The molecular weight excluding hydrogens is 212 g/mol. The standard InChI is InChI=1S/C14H22N2O/c1-9-7-11(8-10(2)14(9)17-3)13(15)12-5-4-6-16-12/h7-8,12-13,16H,4-6,15H2,1-3H3. The lowest BCUT2D eigenvalue weighted by atomic mass is 9.95. The normalized spacial score (nSPS) is 21.5. The quantitative estimate of drug-likeness (QED) is 0.841. The molecule has 0 amide bonds. The maximum Gasteiger partial charge on any atom is 0.124 e. The second kappa shape index (κ2) is 5.07. The van der Waals surface area contributed by atoms with E-state index in [0.29, 0.717) is 6.04 Å². The van der Waals surface area contributed by atoms with E-state index in [0.717, 1.165) is 23.4 Å². The fourth-order valence-corrected chi connectivity index (χ4v) is 2.75. The Morgan fingerprint density at radius 2 is 2.00 bits per heavy atom. The zero-order chi connectivity index (χ0) is 12.4. The van der Waals surface area contributed by atoms with E-state index in [2.05, 4.69) is 31.3 Å². The first-order valence-corrected chi connectivity index (χ1v) is 6.27. The highest BCUT2D eigenvalue weighted by atomic mass is 16.5. The van der Waals surface area contributed by atoms with Gasteiger partial charge < -0.3 is 15.8 Å². The highest BCUT2D eigenvalue weighted by Gasteiger charge is 2.23. The summed E-state index contributed by atoms with van der Waals surface area (Å²) in [5.74, 6) is 0.973. The van der Waals surface area contributed by atoms with Gasteiger partial charge in [-0.2, -0.15) is 0 Å². The van der Waals surface area contributed by atoms with Crippen LogP contribution in [0.1, 0.15) is 35.6 Å². The smallest absolute Gasteiger partial charge is 0.124 e. The van der Waals surface area contributed by atoms with Crippen LogP contribution >= 0.6 is 0 Å². The molecule has 0 spiro atoms. The van der Waals surface area contributed by atoms with Gasteiger partial charge in [0, 0.05) is 12.1 Å². The summed E-state index contributed by atoms with van der Waals surface area (Å²) in [7, 11) is 1.72. The van der Waals surface area contributed by atoms with Crippen LogP contribution in [0.4, 0.5) is 0 Å². The number of methoxy groups -OCH3 is 1. The van der Waals surface area contributed by atoms with Crippen molar-refractivity contribution in [3.8, 4) is 5.75 Å². The van der Waals surface area contributed by atoms with Gasteiger partial charge in [-0.15, -0.1) is 0 Å². The molecule has 1 aromatic rings. The summed E-state index contributed by atoms with van der Waals surface area (Å²) in [6.07, 6.45) is 2.40. The summed E-state index contributed by atoms with van der Waals surface area (Å²) < 4.78 is 5.38. The van der Waals surface area contributed by atoms with E-state index in [9.17, 15) is 0 Å². The van der Waals surface area contributed by atoms with E-state index >= 15 is 0 Å². The molecule has 1 fully saturated rings. The molecule has 3 N–H and O–H groups in total. The summed E-state index contributed by atoms with van der Waals surface area (Å²) in [6, 6.07) is 4.80. The van der Waals surface area contributed by atoms with Gasteiger partial charge in [-0.25, -0.2) is 0 Å². The zero-order valence-corrected chi connectivity index (χ0v) is 10.9. The SMILES string of the molecule is COc1c(C)cc(C(N)C2CCCN2)cc1C. The first-order chi connectivity index (χ1) is 8.13. The predicted octanol–water partition coefficient (Wildman–Crippen LogP) is 2.06. The van der Waals surface area contributed by atoms with Crippen molar-refractivity contribution in [3.63, 3.8) is 0 Å². The number of benzene rings is 1. The lowest BCUT2D eigenvalue weighted by molar-refractivity contribution is 0.407. The Hall–Kier alpha value is -1.06. The summed E-state index contributed by atoms with van der Waals surface area (Å²) in [5, 5.41) is 3.47. The van der Waals surface area contributed by atoms with Crippen molar-refractivity contribution in [1.82, 2.24) is 5.32 Å². The van der Waals surface area contributed by atoms with Crippen molar-refractivity contribution < 1.29 is 4.74 Å². The predicted molar refractivity (Wildman–Crippen MR) is 70.4 cm³/mol. The number of nitrogens with two attached hydrogens (primary N) is 1. The highest BCUT2D eigenvalue weighted by molar-refractivity contribution is 5.44. The lowest BCUT2D eigenvalue weighted by Gasteiger charge is -2.21. The Morgan fingerprint density at radius 1 is 1.35 bits per heavy atom. The van der Waals surface area contributed by atoms with Gasteiger partial charge in [0.2, 0.25) is 0 Å². The fourth-order valence-electron chi connectivity index (χ4n) is 2.75. The maximum absolute atomic E-state index is 6.33. The third kappa shape index (κ3) is 2.45. The molecule has 3 nitrogen and oxygen atoms in total. The first-order valence-electron chi connectivity index (χ1n) is 6.27. The van der Waals surface area contributed by atoms with Gasteiger partial charge in [-0.05, 0) is 49.9 Å². The number of hydrogen-bond acceptors (Lipinski definition) is 3. The Labute approximate surface area is 103 Å². The monoisotopic (exact) mass is 234 g/mol. The van der Waals surface area contributed by atoms with Crippen LogP contribution in [0.25, 0.3) is 0 Å². The number of hydrogen-bond donors (Lipinski definition) is 2. The van der Waals surface area contributed by atoms with Gasteiger partial charge in [0.15, 0.2) is 0 Å². The molecule has 17 heavy (non-hydrogen) atoms. The molecule has 1 aliphatic rings. The summed E-state index contributed by atoms with van der Waals surface area (Å²) in [4.78, 5) is 0. The molecule has 94 valence electrons. The largest absolute Gasteiger partial charge is 0.496 e. The molecule has 1 aromatic carbocycles. The van der Waals surface area contributed by atoms with Crippen molar-refractivity contribution in [2.24, 2.45) is 5.73 Å². The molecule has 1 aliphatic heterocycles. The average Bonchev–Trinajstić information content (AvgIpc) is 2.81. The molecule has 1 heterocycles. The topological polar surface area (TPSA) is 47.3 Å². The van der Waals surface area contributed by atoms with E-state index < -0.39 is 0 Å². The van der Waals surface area contributed by atoms with Crippen LogP contribution in [0.2, 0.25) is 0 Å². The van der Waals surface area contributed by atoms with E-state index in [4.69, 9.17) is 10.5 Å². The maximum atomic E-state index is 6.33. The van der Waals surface area contributed by atoms with Crippen molar-refractivity contribution in [2.75, 3.05) is 13.7 Å². The third-order valence-electron chi connectivity index (χ3n) is 3.60. The average molecular weight is 234 g/mol. The van der Waals surface area contributed by atoms with Crippen molar-refractivity contribution in [1.29, 1.82) is 0 Å². The summed E-state index contributed by atoms with van der Waals surface area (Å²) in [6.45, 7) is 5.24. The van der Waals surface area contributed by atoms with Gasteiger partial charge in [0.1, 0.15) is 5.75 Å². The molecule has 2 unspecified atom stereocenters. The minimum Gasteiger partial charge on any atom is -0.496 e. The van der Waals surface area contributed by atoms with E-state index in [1.807, 2.05) is 0 Å². The molecule has 0 aliphatic carbocycles. The second-order valence-electron chi connectivity index (χ2n) is 4.92. The van der Waals surface area contributed by atoms with Gasteiger partial charge in [0.05, 0.1) is 7.11 Å². The van der Waals surface area contributed by atoms with Crippen LogP contribution in [0.5, 0.6) is 5.75 Å². The molecule has 0 saturated carbocycles. The van der Waals surface area contributed by atoms with Crippen LogP contribution < -0.4 is 15.8 Å². The molecular formula is C14H22N2O. The van der Waals surface area contributed by atoms with Gasteiger partial charge in [-0.3, -0.25) is 0 Å². The van der Waals surface area contributed by atoms with E-state index in [1.165, 1.54) is 18.4 Å². The van der Waals surface area contributed by atoms with E-state index in [1.54, 1.807) is 7.11 Å². The molecule has 3 heteroatoms. The summed E-state index contributed by atoms with van der Waals surface area (Å²) in [5.41, 5.74) is 9.86. The van der Waals surface area contributed by atoms with Gasteiger partial charge in [-0.1, -0.05) is 12.1 Å². The minimum atomic E-state index is 0.0841. The fraction of sp³-hybridized carbons (Fsp3) is 0.571. The van der Waals surface area contributed by atoms with Crippen LogP contribution in [-0.2, 0) is 0 Å². The molecule has 0 radical (unpaired) electrons. The minimum absolute atomic E-state index is 0.0841. The zero-order valence-electron chi connectivity index (χ0n) is 10.9. The molecule has 2 rings (SSSR count). The van der Waals surface area contributed by atoms with Crippen molar-refractivity contribution in [2.45, 2.75) is 38.8 Å². The molecule has 2 atom stereocenters. The third-order valence-corrected chi connectivity index (χ3v) is 3.60. The molecule has 0 bridgehead atoms. The number of aryl methyl sites for hydroxylation is 2. The van der Waals surface area contributed by atoms with Crippen LogP contribution in [0, 0.1) is 13.8 Å². The second-order valence-corrected chi connectivity index (χ2v) is 4.92.